The summed E-state index contributed by atoms with van der Waals surface area (Å²) in [5.74, 6) is 0.726. The van der Waals surface area contributed by atoms with Crippen molar-refractivity contribution in [2.45, 2.75) is 32.4 Å². The fraction of sp³-hybridized carbons (Fsp3) is 0.571. The topological polar surface area (TPSA) is 29.3 Å². The molecule has 0 aliphatic carbocycles. The van der Waals surface area contributed by atoms with E-state index in [1.807, 2.05) is 12.1 Å². The van der Waals surface area contributed by atoms with Crippen molar-refractivity contribution in [2.24, 2.45) is 11.7 Å². The Kier molecular flexibility index (Phi) is 4.54. The molecule has 2 rings (SSSR count). The molecule has 1 aliphatic heterocycles. The lowest BCUT2D eigenvalue weighted by molar-refractivity contribution is 0.192. The Labute approximate surface area is 119 Å². The summed E-state index contributed by atoms with van der Waals surface area (Å²) in [6, 6.07) is 6.48. The van der Waals surface area contributed by atoms with Gasteiger partial charge >= 0.3 is 0 Å². The second-order valence-corrected chi connectivity index (χ2v) is 6.21. The zero-order valence-corrected chi connectivity index (χ0v) is 12.4. The van der Waals surface area contributed by atoms with Gasteiger partial charge in [0.15, 0.2) is 0 Å². The quantitative estimate of drug-likeness (QED) is 0.918. The summed E-state index contributed by atoms with van der Waals surface area (Å²) < 4.78 is 0. The van der Waals surface area contributed by atoms with Gasteiger partial charge < -0.3 is 5.73 Å². The van der Waals surface area contributed by atoms with E-state index in [9.17, 15) is 0 Å². The van der Waals surface area contributed by atoms with Gasteiger partial charge in [0, 0.05) is 35.2 Å². The lowest BCUT2D eigenvalue weighted by Gasteiger charge is -2.31. The molecule has 1 aliphatic rings. The van der Waals surface area contributed by atoms with E-state index >= 15 is 0 Å². The number of hydrogen-bond donors (Lipinski definition) is 1. The standard InChI is InChI=1S/C14H20Cl2N2/c1-9-3-10(2)18(8-9)14(7-17)11-4-12(15)6-13(16)5-11/h4-6,9-10,14H,3,7-8,17H2,1-2H3. The fourth-order valence-corrected chi connectivity index (χ4v) is 3.54. The Morgan fingerprint density at radius 3 is 2.33 bits per heavy atom. The summed E-state index contributed by atoms with van der Waals surface area (Å²) in [4.78, 5) is 2.46. The zero-order chi connectivity index (χ0) is 13.3. The van der Waals surface area contributed by atoms with Gasteiger partial charge in [-0.25, -0.2) is 0 Å². The van der Waals surface area contributed by atoms with Gasteiger partial charge in [-0.05, 0) is 43.0 Å². The number of nitrogens with two attached hydrogens (primary N) is 1. The molecule has 0 spiro atoms. The first-order valence-corrected chi connectivity index (χ1v) is 7.18. The summed E-state index contributed by atoms with van der Waals surface area (Å²) in [7, 11) is 0. The average Bonchev–Trinajstić information content (AvgIpc) is 2.58. The van der Waals surface area contributed by atoms with Crippen molar-refractivity contribution in [3.8, 4) is 0 Å². The number of halogens is 2. The molecule has 1 aromatic carbocycles. The molecule has 1 saturated heterocycles. The number of rotatable bonds is 3. The van der Waals surface area contributed by atoms with E-state index in [-0.39, 0.29) is 6.04 Å². The Bertz CT molecular complexity index is 402. The van der Waals surface area contributed by atoms with Crippen LogP contribution in [0.4, 0.5) is 0 Å². The van der Waals surface area contributed by atoms with Crippen LogP contribution in [0.15, 0.2) is 18.2 Å². The van der Waals surface area contributed by atoms with Crippen LogP contribution in [0.2, 0.25) is 10.0 Å². The maximum Gasteiger partial charge on any atom is 0.0474 e. The number of benzene rings is 1. The van der Waals surface area contributed by atoms with E-state index in [0.29, 0.717) is 22.6 Å². The van der Waals surface area contributed by atoms with E-state index in [4.69, 9.17) is 28.9 Å². The fourth-order valence-electron chi connectivity index (χ4n) is 3.00. The number of likely N-dealkylation sites (tertiary alicyclic amines) is 1. The molecule has 100 valence electrons. The Hall–Kier alpha value is -0.280. The molecule has 1 fully saturated rings. The van der Waals surface area contributed by atoms with Crippen molar-refractivity contribution in [3.05, 3.63) is 33.8 Å². The van der Waals surface area contributed by atoms with Gasteiger partial charge in [0.2, 0.25) is 0 Å². The minimum absolute atomic E-state index is 0.209. The zero-order valence-electron chi connectivity index (χ0n) is 10.9. The monoisotopic (exact) mass is 286 g/mol. The van der Waals surface area contributed by atoms with Crippen molar-refractivity contribution in [1.29, 1.82) is 0 Å². The van der Waals surface area contributed by atoms with Crippen LogP contribution in [0.5, 0.6) is 0 Å². The molecule has 0 radical (unpaired) electrons. The molecule has 0 saturated carbocycles. The van der Waals surface area contributed by atoms with Crippen LogP contribution in [0.25, 0.3) is 0 Å². The van der Waals surface area contributed by atoms with Crippen LogP contribution in [-0.2, 0) is 0 Å². The Morgan fingerprint density at radius 2 is 1.89 bits per heavy atom. The van der Waals surface area contributed by atoms with Crippen LogP contribution in [0, 0.1) is 5.92 Å². The van der Waals surface area contributed by atoms with Gasteiger partial charge in [-0.2, -0.15) is 0 Å². The molecule has 1 aromatic rings. The SMILES string of the molecule is CC1CC(C)N(C(CN)c2cc(Cl)cc(Cl)c2)C1. The predicted octanol–water partition coefficient (Wildman–Crippen LogP) is 3.72. The van der Waals surface area contributed by atoms with Crippen LogP contribution >= 0.6 is 23.2 Å². The van der Waals surface area contributed by atoms with Crippen molar-refractivity contribution < 1.29 is 0 Å². The second-order valence-electron chi connectivity index (χ2n) is 5.34. The summed E-state index contributed by atoms with van der Waals surface area (Å²) in [6.45, 7) is 6.23. The molecule has 4 heteroatoms. The summed E-state index contributed by atoms with van der Waals surface area (Å²) in [6.07, 6.45) is 1.23. The Morgan fingerprint density at radius 1 is 1.28 bits per heavy atom. The average molecular weight is 287 g/mol. The van der Waals surface area contributed by atoms with Gasteiger partial charge in [-0.15, -0.1) is 0 Å². The lowest BCUT2D eigenvalue weighted by Crippen LogP contribution is -2.36. The van der Waals surface area contributed by atoms with Gasteiger partial charge in [0.05, 0.1) is 0 Å². The highest BCUT2D eigenvalue weighted by Gasteiger charge is 2.32. The second kappa shape index (κ2) is 5.79. The molecular formula is C14H20Cl2N2. The first kappa shape index (κ1) is 14.1. The third kappa shape index (κ3) is 3.00. The smallest absolute Gasteiger partial charge is 0.0474 e. The Balaban J connectivity index is 2.27. The van der Waals surface area contributed by atoms with Crippen molar-refractivity contribution in [3.63, 3.8) is 0 Å². The first-order chi connectivity index (χ1) is 8.51. The molecule has 0 aromatic heterocycles. The first-order valence-electron chi connectivity index (χ1n) is 6.43. The van der Waals surface area contributed by atoms with E-state index in [1.165, 1.54) is 6.42 Å². The summed E-state index contributed by atoms with van der Waals surface area (Å²) in [5, 5.41) is 1.35. The minimum atomic E-state index is 0.209. The summed E-state index contributed by atoms with van der Waals surface area (Å²) >= 11 is 12.2. The minimum Gasteiger partial charge on any atom is -0.329 e. The molecule has 18 heavy (non-hydrogen) atoms. The van der Waals surface area contributed by atoms with E-state index in [0.717, 1.165) is 18.0 Å². The normalized spacial score (nSPS) is 26.5. The molecule has 2 N–H and O–H groups in total. The van der Waals surface area contributed by atoms with Crippen LogP contribution in [0.3, 0.4) is 0 Å². The summed E-state index contributed by atoms with van der Waals surface area (Å²) in [5.41, 5.74) is 7.09. The highest BCUT2D eigenvalue weighted by molar-refractivity contribution is 6.34. The van der Waals surface area contributed by atoms with Crippen molar-refractivity contribution >= 4 is 23.2 Å². The van der Waals surface area contributed by atoms with Gasteiger partial charge in [0.1, 0.15) is 0 Å². The highest BCUT2D eigenvalue weighted by Crippen LogP contribution is 2.33. The maximum absolute atomic E-state index is 6.08. The molecular weight excluding hydrogens is 267 g/mol. The molecule has 3 unspecified atom stereocenters. The van der Waals surface area contributed by atoms with E-state index in [2.05, 4.69) is 18.7 Å². The van der Waals surface area contributed by atoms with Gasteiger partial charge in [-0.1, -0.05) is 30.1 Å². The van der Waals surface area contributed by atoms with Gasteiger partial charge in [0.25, 0.3) is 0 Å². The molecule has 2 nitrogen and oxygen atoms in total. The van der Waals surface area contributed by atoms with Crippen molar-refractivity contribution in [1.82, 2.24) is 4.90 Å². The predicted molar refractivity (Wildman–Crippen MR) is 78.2 cm³/mol. The third-order valence-electron chi connectivity index (χ3n) is 3.73. The van der Waals surface area contributed by atoms with Gasteiger partial charge in [-0.3, -0.25) is 4.90 Å². The van der Waals surface area contributed by atoms with E-state index in [1.54, 1.807) is 6.07 Å². The maximum atomic E-state index is 6.08. The molecule has 0 bridgehead atoms. The van der Waals surface area contributed by atoms with Crippen LogP contribution in [-0.4, -0.2) is 24.0 Å². The number of nitrogens with zero attached hydrogens (tertiary/aromatic N) is 1. The third-order valence-corrected chi connectivity index (χ3v) is 4.16. The van der Waals surface area contributed by atoms with Crippen molar-refractivity contribution in [2.75, 3.05) is 13.1 Å². The molecule has 1 heterocycles. The number of hydrogen-bond acceptors (Lipinski definition) is 2. The largest absolute Gasteiger partial charge is 0.329 e. The highest BCUT2D eigenvalue weighted by atomic mass is 35.5. The lowest BCUT2D eigenvalue weighted by atomic mass is 10.0. The van der Waals surface area contributed by atoms with Crippen LogP contribution < -0.4 is 5.73 Å². The molecule has 0 amide bonds. The molecule has 3 atom stereocenters. The van der Waals surface area contributed by atoms with Crippen LogP contribution in [0.1, 0.15) is 31.9 Å². The van der Waals surface area contributed by atoms with E-state index < -0.39 is 0 Å².